The van der Waals surface area contributed by atoms with Crippen molar-refractivity contribution in [3.8, 4) is 11.8 Å². The Bertz CT molecular complexity index is 488. The van der Waals surface area contributed by atoms with E-state index in [1.165, 1.54) is 0 Å². The Morgan fingerprint density at radius 1 is 1.12 bits per heavy atom. The summed E-state index contributed by atoms with van der Waals surface area (Å²) in [5, 5.41) is 0. The topological polar surface area (TPSA) is 61.0 Å². The zero-order valence-corrected chi connectivity index (χ0v) is 9.97. The molecule has 2 aromatic rings. The lowest BCUT2D eigenvalue weighted by Gasteiger charge is -2.11. The van der Waals surface area contributed by atoms with Gasteiger partial charge in [-0.15, -0.1) is 0 Å². The predicted molar refractivity (Wildman–Crippen MR) is 65.9 cm³/mol. The third-order valence-corrected chi connectivity index (χ3v) is 2.49. The molecule has 1 aromatic carbocycles. The van der Waals surface area contributed by atoms with Gasteiger partial charge >= 0.3 is 6.01 Å². The highest BCUT2D eigenvalue weighted by atomic mass is 16.5. The van der Waals surface area contributed by atoms with Crippen LogP contribution < -0.4 is 10.5 Å². The van der Waals surface area contributed by atoms with Crippen molar-refractivity contribution in [2.45, 2.75) is 20.4 Å². The fourth-order valence-electron chi connectivity index (χ4n) is 1.75. The SMILES string of the molecule is Cc1cc(CN)cc(C)c1Oc1ncccn1. The molecule has 4 nitrogen and oxygen atoms in total. The minimum Gasteiger partial charge on any atom is -0.424 e. The van der Waals surface area contributed by atoms with Crippen LogP contribution in [-0.4, -0.2) is 9.97 Å². The van der Waals surface area contributed by atoms with E-state index >= 15 is 0 Å². The Morgan fingerprint density at radius 2 is 1.71 bits per heavy atom. The van der Waals surface area contributed by atoms with E-state index in [-0.39, 0.29) is 0 Å². The molecule has 2 rings (SSSR count). The van der Waals surface area contributed by atoms with Crippen molar-refractivity contribution in [3.63, 3.8) is 0 Å². The summed E-state index contributed by atoms with van der Waals surface area (Å²) in [5.74, 6) is 0.799. The molecule has 1 heterocycles. The third kappa shape index (κ3) is 2.60. The smallest absolute Gasteiger partial charge is 0.321 e. The van der Waals surface area contributed by atoms with Gasteiger partial charge in [0.1, 0.15) is 5.75 Å². The van der Waals surface area contributed by atoms with Gasteiger partial charge in [-0.1, -0.05) is 12.1 Å². The van der Waals surface area contributed by atoms with E-state index < -0.39 is 0 Å². The molecule has 0 spiro atoms. The lowest BCUT2D eigenvalue weighted by atomic mass is 10.1. The zero-order chi connectivity index (χ0) is 12.3. The average Bonchev–Trinajstić information content (AvgIpc) is 2.35. The maximum atomic E-state index is 5.68. The number of rotatable bonds is 3. The highest BCUT2D eigenvalue weighted by Gasteiger charge is 2.08. The number of nitrogens with two attached hydrogens (primary N) is 1. The maximum absolute atomic E-state index is 5.68. The van der Waals surface area contributed by atoms with Crippen LogP contribution >= 0.6 is 0 Å². The molecule has 1 aromatic heterocycles. The molecule has 0 saturated carbocycles. The second-order valence-corrected chi connectivity index (χ2v) is 3.90. The van der Waals surface area contributed by atoms with Crippen LogP contribution in [0, 0.1) is 13.8 Å². The van der Waals surface area contributed by atoms with Crippen LogP contribution in [0.2, 0.25) is 0 Å². The minimum absolute atomic E-state index is 0.360. The summed E-state index contributed by atoms with van der Waals surface area (Å²) in [6.45, 7) is 4.51. The molecule has 0 fully saturated rings. The first-order valence-corrected chi connectivity index (χ1v) is 5.46. The van der Waals surface area contributed by atoms with Crippen molar-refractivity contribution in [2.75, 3.05) is 0 Å². The molecule has 0 bridgehead atoms. The molecular weight excluding hydrogens is 214 g/mol. The predicted octanol–water partition coefficient (Wildman–Crippen LogP) is 2.34. The standard InChI is InChI=1S/C13H15N3O/c1-9-6-11(8-14)7-10(2)12(9)17-13-15-4-3-5-16-13/h3-7H,8,14H2,1-2H3. The van der Waals surface area contributed by atoms with E-state index in [0.29, 0.717) is 12.6 Å². The molecule has 0 saturated heterocycles. The fraction of sp³-hybridized carbons (Fsp3) is 0.231. The molecular formula is C13H15N3O. The molecule has 0 unspecified atom stereocenters. The number of hydrogen-bond donors (Lipinski definition) is 1. The van der Waals surface area contributed by atoms with Crippen molar-refractivity contribution in [1.29, 1.82) is 0 Å². The summed E-state index contributed by atoms with van der Waals surface area (Å²) in [5.41, 5.74) is 8.80. The van der Waals surface area contributed by atoms with Gasteiger partial charge in [0.05, 0.1) is 0 Å². The van der Waals surface area contributed by atoms with Crippen LogP contribution in [0.4, 0.5) is 0 Å². The Kier molecular flexibility index (Phi) is 3.35. The van der Waals surface area contributed by atoms with Crippen LogP contribution in [0.3, 0.4) is 0 Å². The number of hydrogen-bond acceptors (Lipinski definition) is 4. The van der Waals surface area contributed by atoms with Gasteiger partial charge in [0.25, 0.3) is 0 Å². The van der Waals surface area contributed by atoms with Gasteiger partial charge in [0, 0.05) is 18.9 Å². The highest BCUT2D eigenvalue weighted by molar-refractivity contribution is 5.44. The van der Waals surface area contributed by atoms with Crippen LogP contribution in [0.5, 0.6) is 11.8 Å². The Labute approximate surface area is 100 Å². The number of nitrogens with zero attached hydrogens (tertiary/aromatic N) is 2. The summed E-state index contributed by atoms with van der Waals surface area (Å²) in [6.07, 6.45) is 3.31. The lowest BCUT2D eigenvalue weighted by molar-refractivity contribution is 0.435. The molecule has 2 N–H and O–H groups in total. The zero-order valence-electron chi connectivity index (χ0n) is 9.97. The summed E-state index contributed by atoms with van der Waals surface area (Å²) in [4.78, 5) is 8.08. The van der Waals surface area contributed by atoms with E-state index in [9.17, 15) is 0 Å². The molecule has 17 heavy (non-hydrogen) atoms. The van der Waals surface area contributed by atoms with Crippen molar-refractivity contribution >= 4 is 0 Å². The summed E-state index contributed by atoms with van der Waals surface area (Å²) >= 11 is 0. The quantitative estimate of drug-likeness (QED) is 0.877. The molecule has 0 aliphatic heterocycles. The molecule has 0 amide bonds. The summed E-state index contributed by atoms with van der Waals surface area (Å²) in [7, 11) is 0. The van der Waals surface area contributed by atoms with E-state index in [2.05, 4.69) is 9.97 Å². The molecule has 0 atom stereocenters. The third-order valence-electron chi connectivity index (χ3n) is 2.49. The monoisotopic (exact) mass is 229 g/mol. The maximum Gasteiger partial charge on any atom is 0.321 e. The van der Waals surface area contributed by atoms with E-state index in [1.807, 2.05) is 26.0 Å². The first-order valence-electron chi connectivity index (χ1n) is 5.46. The minimum atomic E-state index is 0.360. The first kappa shape index (κ1) is 11.5. The van der Waals surface area contributed by atoms with E-state index in [1.54, 1.807) is 18.5 Å². The van der Waals surface area contributed by atoms with Crippen LogP contribution in [-0.2, 0) is 6.54 Å². The number of ether oxygens (including phenoxy) is 1. The van der Waals surface area contributed by atoms with Gasteiger partial charge in [0.2, 0.25) is 0 Å². The van der Waals surface area contributed by atoms with Gasteiger partial charge in [0.15, 0.2) is 0 Å². The Hall–Kier alpha value is -1.94. The van der Waals surface area contributed by atoms with Crippen LogP contribution in [0.15, 0.2) is 30.6 Å². The molecule has 0 radical (unpaired) electrons. The Morgan fingerprint density at radius 3 is 2.24 bits per heavy atom. The average molecular weight is 229 g/mol. The molecule has 0 aliphatic carbocycles. The molecule has 4 heteroatoms. The fourth-order valence-corrected chi connectivity index (χ4v) is 1.75. The summed E-state index contributed by atoms with van der Waals surface area (Å²) < 4.78 is 5.68. The van der Waals surface area contributed by atoms with Crippen molar-refractivity contribution in [1.82, 2.24) is 9.97 Å². The number of aryl methyl sites for hydroxylation is 2. The van der Waals surface area contributed by atoms with E-state index in [4.69, 9.17) is 10.5 Å². The Balaban J connectivity index is 2.33. The molecule has 88 valence electrons. The second kappa shape index (κ2) is 4.93. The number of benzene rings is 1. The summed E-state index contributed by atoms with van der Waals surface area (Å²) in [6, 6.07) is 6.15. The van der Waals surface area contributed by atoms with E-state index in [0.717, 1.165) is 22.4 Å². The van der Waals surface area contributed by atoms with Crippen molar-refractivity contribution in [3.05, 3.63) is 47.3 Å². The lowest BCUT2D eigenvalue weighted by Crippen LogP contribution is -2.00. The van der Waals surface area contributed by atoms with Gasteiger partial charge < -0.3 is 10.5 Å². The van der Waals surface area contributed by atoms with Gasteiger partial charge in [-0.2, -0.15) is 0 Å². The van der Waals surface area contributed by atoms with Gasteiger partial charge in [-0.25, -0.2) is 9.97 Å². The van der Waals surface area contributed by atoms with Gasteiger partial charge in [-0.05, 0) is 36.6 Å². The first-order chi connectivity index (χ1) is 8.20. The largest absolute Gasteiger partial charge is 0.424 e. The van der Waals surface area contributed by atoms with Crippen LogP contribution in [0.1, 0.15) is 16.7 Å². The highest BCUT2D eigenvalue weighted by Crippen LogP contribution is 2.27. The number of aromatic nitrogens is 2. The normalized spacial score (nSPS) is 10.3. The van der Waals surface area contributed by atoms with Gasteiger partial charge in [-0.3, -0.25) is 0 Å². The van der Waals surface area contributed by atoms with Crippen LogP contribution in [0.25, 0.3) is 0 Å². The molecule has 0 aliphatic rings. The van der Waals surface area contributed by atoms with Crippen molar-refractivity contribution in [2.24, 2.45) is 5.73 Å². The van der Waals surface area contributed by atoms with Crippen molar-refractivity contribution < 1.29 is 4.74 Å². The second-order valence-electron chi connectivity index (χ2n) is 3.90.